The van der Waals surface area contributed by atoms with Gasteiger partial charge in [-0.05, 0) is 95.8 Å². The van der Waals surface area contributed by atoms with Crippen LogP contribution >= 0.6 is 11.8 Å². The van der Waals surface area contributed by atoms with Gasteiger partial charge in [-0.2, -0.15) is 10.2 Å². The van der Waals surface area contributed by atoms with Crippen molar-refractivity contribution in [1.29, 1.82) is 0 Å². The molecule has 0 unspecified atom stereocenters. The Hall–Kier alpha value is -4.03. The normalized spacial score (nSPS) is 12.8. The number of hydrogen-bond donors (Lipinski definition) is 2. The predicted octanol–water partition coefficient (Wildman–Crippen LogP) is 7.62. The molecule has 35 heavy (non-hydrogen) atoms. The molecule has 170 valence electrons. The van der Waals surface area contributed by atoms with E-state index in [1.54, 1.807) is 0 Å². The fraction of sp³-hybridized carbons (Fsp3) is 0.103. The summed E-state index contributed by atoms with van der Waals surface area (Å²) in [4.78, 5) is 4.83. The molecule has 0 spiro atoms. The largest absolute Gasteiger partial charge is 0.343 e. The molecule has 0 atom stereocenters. The molecule has 1 aliphatic rings. The van der Waals surface area contributed by atoms with Gasteiger partial charge in [0.1, 0.15) is 0 Å². The third kappa shape index (κ3) is 3.17. The monoisotopic (exact) mass is 473 g/mol. The second kappa shape index (κ2) is 7.48. The number of aryl methyl sites for hydroxylation is 2. The van der Waals surface area contributed by atoms with E-state index in [4.69, 9.17) is 0 Å². The Bertz CT molecular complexity index is 1650. The van der Waals surface area contributed by atoms with Crippen molar-refractivity contribution in [3.63, 3.8) is 0 Å². The Morgan fingerprint density at radius 1 is 0.629 bits per heavy atom. The van der Waals surface area contributed by atoms with Gasteiger partial charge in [0, 0.05) is 27.6 Å². The molecule has 0 saturated heterocycles. The van der Waals surface area contributed by atoms with Crippen LogP contribution in [0.5, 0.6) is 0 Å². The van der Waals surface area contributed by atoms with Crippen LogP contribution in [0.3, 0.4) is 0 Å². The van der Waals surface area contributed by atoms with E-state index in [0.29, 0.717) is 0 Å². The van der Waals surface area contributed by atoms with Crippen LogP contribution in [0.15, 0.2) is 82.8 Å². The van der Waals surface area contributed by atoms with Crippen molar-refractivity contribution >= 4 is 44.9 Å². The van der Waals surface area contributed by atoms with Crippen LogP contribution in [0.2, 0.25) is 0 Å². The maximum atomic E-state index is 4.21. The van der Waals surface area contributed by atoms with Crippen LogP contribution < -0.4 is 4.90 Å². The zero-order valence-corrected chi connectivity index (χ0v) is 20.5. The summed E-state index contributed by atoms with van der Waals surface area (Å²) in [6, 6.07) is 22.4. The molecule has 0 fully saturated rings. The number of aromatic amines is 2. The summed E-state index contributed by atoms with van der Waals surface area (Å²) < 4.78 is 0. The summed E-state index contributed by atoms with van der Waals surface area (Å²) in [5, 5.41) is 16.9. The molecule has 7 rings (SSSR count). The maximum absolute atomic E-state index is 4.21. The predicted molar refractivity (Wildman–Crippen MR) is 145 cm³/mol. The maximum Gasteiger partial charge on any atom is 0.0679 e. The molecule has 0 radical (unpaired) electrons. The van der Waals surface area contributed by atoms with Gasteiger partial charge in [0.05, 0.1) is 34.8 Å². The van der Waals surface area contributed by atoms with Crippen molar-refractivity contribution in [1.82, 2.24) is 20.4 Å². The zero-order chi connectivity index (χ0) is 23.7. The molecule has 0 bridgehead atoms. The number of anilines is 2. The highest BCUT2D eigenvalue weighted by Crippen LogP contribution is 2.49. The fourth-order valence-electron chi connectivity index (χ4n) is 5.16. The number of nitrogens with zero attached hydrogens (tertiary/aromatic N) is 3. The van der Waals surface area contributed by atoms with Gasteiger partial charge in [-0.15, -0.1) is 0 Å². The van der Waals surface area contributed by atoms with Crippen LogP contribution in [0.1, 0.15) is 11.1 Å². The highest BCUT2D eigenvalue weighted by molar-refractivity contribution is 7.99. The molecule has 6 aromatic rings. The molecule has 4 aromatic carbocycles. The van der Waals surface area contributed by atoms with E-state index in [-0.39, 0.29) is 0 Å². The van der Waals surface area contributed by atoms with Gasteiger partial charge in [-0.3, -0.25) is 10.2 Å². The zero-order valence-electron chi connectivity index (χ0n) is 19.7. The molecule has 6 heteroatoms. The third-order valence-corrected chi connectivity index (χ3v) is 8.11. The quantitative estimate of drug-likeness (QED) is 0.271. The topological polar surface area (TPSA) is 60.6 Å². The van der Waals surface area contributed by atoms with Crippen LogP contribution in [0.25, 0.3) is 44.1 Å². The van der Waals surface area contributed by atoms with Gasteiger partial charge >= 0.3 is 0 Å². The minimum atomic E-state index is 1.10. The molecule has 5 nitrogen and oxygen atoms in total. The Balaban J connectivity index is 1.30. The summed E-state index contributed by atoms with van der Waals surface area (Å²) in [6.07, 6.45) is 3.79. The summed E-state index contributed by atoms with van der Waals surface area (Å²) in [5.41, 5.74) is 11.9. The van der Waals surface area contributed by atoms with Crippen molar-refractivity contribution in [3.05, 3.63) is 84.2 Å². The first-order valence-corrected chi connectivity index (χ1v) is 12.4. The first kappa shape index (κ1) is 20.4. The van der Waals surface area contributed by atoms with Crippen molar-refractivity contribution in [2.24, 2.45) is 0 Å². The van der Waals surface area contributed by atoms with E-state index < -0.39 is 0 Å². The lowest BCUT2D eigenvalue weighted by Crippen LogP contribution is -2.14. The summed E-state index contributed by atoms with van der Waals surface area (Å²) >= 11 is 1.84. The number of nitrogens with one attached hydrogen (secondary N) is 2. The highest BCUT2D eigenvalue weighted by atomic mass is 32.2. The molecule has 0 amide bonds. The molecular formula is C29H23N5S. The Morgan fingerprint density at radius 2 is 1.11 bits per heavy atom. The Morgan fingerprint density at radius 3 is 1.60 bits per heavy atom. The van der Waals surface area contributed by atoms with Gasteiger partial charge in [0.25, 0.3) is 0 Å². The molecule has 1 aliphatic heterocycles. The molecule has 0 aliphatic carbocycles. The molecule has 3 heterocycles. The van der Waals surface area contributed by atoms with Crippen molar-refractivity contribution < 1.29 is 0 Å². The third-order valence-electron chi connectivity index (χ3n) is 7.02. The lowest BCUT2D eigenvalue weighted by Gasteiger charge is -2.30. The lowest BCUT2D eigenvalue weighted by molar-refractivity contribution is 1.11. The van der Waals surface area contributed by atoms with Gasteiger partial charge in [0.2, 0.25) is 0 Å². The van der Waals surface area contributed by atoms with Crippen LogP contribution in [-0.4, -0.2) is 27.4 Å². The minimum Gasteiger partial charge on any atom is -0.343 e. The van der Waals surface area contributed by atoms with E-state index in [0.717, 1.165) is 21.8 Å². The second-order valence-electron chi connectivity index (χ2n) is 9.28. The number of hydrogen-bond acceptors (Lipinski definition) is 4. The Labute approximate surface area is 207 Å². The number of H-pyrrole nitrogens is 2. The molecule has 2 aromatic heterocycles. The first-order valence-electron chi connectivity index (χ1n) is 11.6. The van der Waals surface area contributed by atoms with Gasteiger partial charge in [-0.1, -0.05) is 23.9 Å². The van der Waals surface area contributed by atoms with E-state index >= 15 is 0 Å². The van der Waals surface area contributed by atoms with E-state index in [9.17, 15) is 0 Å². The van der Waals surface area contributed by atoms with Crippen LogP contribution in [0, 0.1) is 13.8 Å². The summed E-state index contributed by atoms with van der Waals surface area (Å²) in [5.74, 6) is 0. The average molecular weight is 474 g/mol. The molecule has 2 N–H and O–H groups in total. The number of benzene rings is 4. The first-order chi connectivity index (χ1) is 17.0. The van der Waals surface area contributed by atoms with Gasteiger partial charge < -0.3 is 4.90 Å². The second-order valence-corrected chi connectivity index (χ2v) is 10.4. The molecular weight excluding hydrogens is 450 g/mol. The van der Waals surface area contributed by atoms with Crippen LogP contribution in [0.4, 0.5) is 11.4 Å². The van der Waals surface area contributed by atoms with E-state index in [1.807, 2.05) is 24.2 Å². The Kier molecular flexibility index (Phi) is 4.35. The number of fused-ring (bicyclic) bond motifs is 4. The smallest absolute Gasteiger partial charge is 0.0679 e. The highest BCUT2D eigenvalue weighted by Gasteiger charge is 2.22. The van der Waals surface area contributed by atoms with E-state index in [2.05, 4.69) is 107 Å². The lowest BCUT2D eigenvalue weighted by atomic mass is 10.00. The average Bonchev–Trinajstić information content (AvgIpc) is 3.53. The van der Waals surface area contributed by atoms with Crippen molar-refractivity contribution in [2.45, 2.75) is 23.6 Å². The van der Waals surface area contributed by atoms with Crippen molar-refractivity contribution in [2.75, 3.05) is 11.9 Å². The van der Waals surface area contributed by atoms with E-state index in [1.165, 1.54) is 54.5 Å². The summed E-state index contributed by atoms with van der Waals surface area (Å²) in [7, 11) is 2.15. The van der Waals surface area contributed by atoms with Crippen molar-refractivity contribution in [3.8, 4) is 22.3 Å². The standard InChI is InChI=1S/C29H23N5S/c1-16-8-20(10-22-14-30-32-28(16)22)18-4-6-24-26(12-18)35-27-13-19(5-7-25(27)34(24)3)21-9-17(2)29-23(11-21)15-31-33-29/h4-15H,1-3H3,(H,30,32)(H,31,33). The van der Waals surface area contributed by atoms with Gasteiger partial charge in [0.15, 0.2) is 0 Å². The number of rotatable bonds is 2. The SMILES string of the molecule is Cc1cc(-c2ccc3c(c2)Sc2cc(-c4cc(C)c5[nH]ncc5c4)ccc2N3C)cc2cn[nH]c12. The number of aromatic nitrogens is 4. The fourth-order valence-corrected chi connectivity index (χ4v) is 6.39. The molecule has 0 saturated carbocycles. The van der Waals surface area contributed by atoms with Crippen LogP contribution in [-0.2, 0) is 0 Å². The summed E-state index contributed by atoms with van der Waals surface area (Å²) in [6.45, 7) is 4.26. The van der Waals surface area contributed by atoms with Gasteiger partial charge in [-0.25, -0.2) is 0 Å². The minimum absolute atomic E-state index is 1.10.